The van der Waals surface area contributed by atoms with Crippen LogP contribution >= 0.6 is 0 Å². The average Bonchev–Trinajstić information content (AvgIpc) is 2.98. The molecule has 0 atom stereocenters. The van der Waals surface area contributed by atoms with Crippen molar-refractivity contribution in [2.45, 2.75) is 6.92 Å². The monoisotopic (exact) mass is 550 g/mol. The lowest BCUT2D eigenvalue weighted by Crippen LogP contribution is -2.33. The molecule has 0 saturated heterocycles. The van der Waals surface area contributed by atoms with Gasteiger partial charge < -0.3 is 20.1 Å². The molecule has 0 aliphatic rings. The van der Waals surface area contributed by atoms with Crippen LogP contribution in [0.4, 0.5) is 11.4 Å². The highest BCUT2D eigenvalue weighted by Gasteiger charge is 2.18. The summed E-state index contributed by atoms with van der Waals surface area (Å²) in [7, 11) is 1.42. The molecule has 4 aromatic rings. The van der Waals surface area contributed by atoms with Gasteiger partial charge in [0.25, 0.3) is 5.91 Å². The third kappa shape index (κ3) is 7.64. The molecular formula is C31H26N4O6. The Kier molecular flexibility index (Phi) is 9.19. The summed E-state index contributed by atoms with van der Waals surface area (Å²) in [6, 6.07) is 26.8. The molecule has 3 N–H and O–H groups in total. The number of carbonyl (C=O) groups is 4. The Bertz CT molecular complexity index is 1620. The van der Waals surface area contributed by atoms with E-state index in [0.29, 0.717) is 16.8 Å². The number of ether oxygens (including phenoxy) is 2. The SMILES string of the molecule is COc1cc(/C=N/NC(=O)C(=O)Nc2ccccc2C(=O)Nc2cccc(C)c2)ccc1OC(=O)c1ccccc1. The van der Waals surface area contributed by atoms with Gasteiger partial charge in [-0.1, -0.05) is 42.5 Å². The summed E-state index contributed by atoms with van der Waals surface area (Å²) in [5.74, 6) is -2.58. The molecule has 0 aromatic heterocycles. The maximum Gasteiger partial charge on any atom is 0.343 e. The van der Waals surface area contributed by atoms with Gasteiger partial charge in [0, 0.05) is 5.69 Å². The van der Waals surface area contributed by atoms with E-state index in [-0.39, 0.29) is 22.7 Å². The van der Waals surface area contributed by atoms with E-state index in [4.69, 9.17) is 9.47 Å². The molecule has 0 radical (unpaired) electrons. The number of hydrogen-bond acceptors (Lipinski definition) is 7. The fourth-order valence-corrected chi connectivity index (χ4v) is 3.69. The number of para-hydroxylation sites is 1. The van der Waals surface area contributed by atoms with Crippen LogP contribution in [-0.4, -0.2) is 37.0 Å². The first kappa shape index (κ1) is 28.2. The number of benzene rings is 4. The van der Waals surface area contributed by atoms with E-state index in [2.05, 4.69) is 21.2 Å². The fraction of sp³-hybridized carbons (Fsp3) is 0.0645. The molecule has 3 amide bonds. The second kappa shape index (κ2) is 13.3. The Morgan fingerprint density at radius 2 is 1.51 bits per heavy atom. The summed E-state index contributed by atoms with van der Waals surface area (Å²) in [5, 5.41) is 9.03. The lowest BCUT2D eigenvalue weighted by Gasteiger charge is -2.11. The van der Waals surface area contributed by atoms with E-state index in [0.717, 1.165) is 5.56 Å². The van der Waals surface area contributed by atoms with E-state index < -0.39 is 23.7 Å². The molecule has 0 fully saturated rings. The van der Waals surface area contributed by atoms with Gasteiger partial charge in [-0.15, -0.1) is 0 Å². The number of hydrazone groups is 1. The first-order valence-corrected chi connectivity index (χ1v) is 12.4. The molecule has 0 aliphatic heterocycles. The highest BCUT2D eigenvalue weighted by Crippen LogP contribution is 2.28. The highest BCUT2D eigenvalue weighted by molar-refractivity contribution is 6.40. The summed E-state index contributed by atoms with van der Waals surface area (Å²) >= 11 is 0. The van der Waals surface area contributed by atoms with Gasteiger partial charge in [-0.25, -0.2) is 10.2 Å². The van der Waals surface area contributed by atoms with Crippen molar-refractivity contribution in [3.63, 3.8) is 0 Å². The third-order valence-electron chi connectivity index (χ3n) is 5.68. The minimum atomic E-state index is -1.05. The van der Waals surface area contributed by atoms with Gasteiger partial charge in [0.2, 0.25) is 0 Å². The maximum atomic E-state index is 12.8. The van der Waals surface area contributed by atoms with Crippen molar-refractivity contribution in [3.05, 3.63) is 119 Å². The number of carbonyl (C=O) groups excluding carboxylic acids is 4. The van der Waals surface area contributed by atoms with E-state index in [1.165, 1.54) is 31.5 Å². The van der Waals surface area contributed by atoms with E-state index in [1.54, 1.807) is 60.7 Å². The molecule has 0 unspecified atom stereocenters. The van der Waals surface area contributed by atoms with Gasteiger partial charge in [0.05, 0.1) is 30.1 Å². The molecule has 4 rings (SSSR count). The number of hydrogen-bond donors (Lipinski definition) is 3. The molecule has 0 bridgehead atoms. The lowest BCUT2D eigenvalue weighted by atomic mass is 10.1. The van der Waals surface area contributed by atoms with Crippen LogP contribution in [0, 0.1) is 6.92 Å². The van der Waals surface area contributed by atoms with Crippen molar-refractivity contribution in [3.8, 4) is 11.5 Å². The first-order valence-electron chi connectivity index (χ1n) is 12.4. The molecule has 10 heteroatoms. The summed E-state index contributed by atoms with van der Waals surface area (Å²) in [4.78, 5) is 50.0. The van der Waals surface area contributed by atoms with E-state index in [1.807, 2.05) is 25.1 Å². The molecular weight excluding hydrogens is 524 g/mol. The number of methoxy groups -OCH3 is 1. The van der Waals surface area contributed by atoms with Crippen LogP contribution in [0.2, 0.25) is 0 Å². The fourth-order valence-electron chi connectivity index (χ4n) is 3.69. The molecule has 0 aliphatic carbocycles. The van der Waals surface area contributed by atoms with Crippen LogP contribution in [0.5, 0.6) is 11.5 Å². The van der Waals surface area contributed by atoms with Gasteiger partial charge in [-0.2, -0.15) is 5.10 Å². The second-order valence-corrected chi connectivity index (χ2v) is 8.69. The predicted octanol–water partition coefficient (Wildman–Crippen LogP) is 4.56. The normalized spacial score (nSPS) is 10.5. The summed E-state index contributed by atoms with van der Waals surface area (Å²) in [6.07, 6.45) is 1.29. The zero-order valence-electron chi connectivity index (χ0n) is 22.2. The van der Waals surface area contributed by atoms with Crippen LogP contribution in [0.3, 0.4) is 0 Å². The predicted molar refractivity (Wildman–Crippen MR) is 154 cm³/mol. The minimum Gasteiger partial charge on any atom is -0.493 e. The van der Waals surface area contributed by atoms with Gasteiger partial charge in [-0.05, 0) is 72.6 Å². The number of nitrogens with one attached hydrogen (secondary N) is 3. The number of nitrogens with zero attached hydrogens (tertiary/aromatic N) is 1. The zero-order chi connectivity index (χ0) is 29.2. The smallest absolute Gasteiger partial charge is 0.343 e. The first-order chi connectivity index (χ1) is 19.8. The second-order valence-electron chi connectivity index (χ2n) is 8.69. The van der Waals surface area contributed by atoms with Crippen molar-refractivity contribution < 1.29 is 28.7 Å². The standard InChI is InChI=1S/C31H26N4O6/c1-20-9-8-12-23(17-20)33-28(36)24-13-6-7-14-25(24)34-29(37)30(38)35-32-19-21-15-16-26(27(18-21)40-2)41-31(39)22-10-4-3-5-11-22/h3-19H,1-2H3,(H,33,36)(H,34,37)(H,35,38)/b32-19+. The van der Waals surface area contributed by atoms with E-state index in [9.17, 15) is 19.2 Å². The van der Waals surface area contributed by atoms with Gasteiger partial charge in [-0.3, -0.25) is 14.4 Å². The molecule has 0 spiro atoms. The van der Waals surface area contributed by atoms with E-state index >= 15 is 0 Å². The van der Waals surface area contributed by atoms with Gasteiger partial charge in [0.1, 0.15) is 0 Å². The van der Waals surface area contributed by atoms with Crippen LogP contribution in [0.1, 0.15) is 31.8 Å². The van der Waals surface area contributed by atoms with Crippen LogP contribution in [-0.2, 0) is 9.59 Å². The number of aryl methyl sites for hydroxylation is 1. The molecule has 206 valence electrons. The summed E-state index contributed by atoms with van der Waals surface area (Å²) in [5.41, 5.74) is 4.94. The van der Waals surface area contributed by atoms with Crippen molar-refractivity contribution in [2.24, 2.45) is 5.10 Å². The Morgan fingerprint density at radius 1 is 0.756 bits per heavy atom. The van der Waals surface area contributed by atoms with Gasteiger partial charge in [0.15, 0.2) is 11.5 Å². The van der Waals surface area contributed by atoms with Crippen LogP contribution < -0.4 is 25.5 Å². The Hall–Kier alpha value is -5.77. The molecule has 0 saturated carbocycles. The molecule has 41 heavy (non-hydrogen) atoms. The number of esters is 1. The van der Waals surface area contributed by atoms with Gasteiger partial charge >= 0.3 is 17.8 Å². The number of amides is 3. The highest BCUT2D eigenvalue weighted by atomic mass is 16.6. The van der Waals surface area contributed by atoms with Crippen molar-refractivity contribution in [1.29, 1.82) is 0 Å². The largest absolute Gasteiger partial charge is 0.493 e. The minimum absolute atomic E-state index is 0.159. The molecule has 0 heterocycles. The lowest BCUT2D eigenvalue weighted by molar-refractivity contribution is -0.136. The Labute approximate surface area is 236 Å². The molecule has 10 nitrogen and oxygen atoms in total. The quantitative estimate of drug-likeness (QED) is 0.0968. The summed E-state index contributed by atoms with van der Waals surface area (Å²) < 4.78 is 10.7. The zero-order valence-corrected chi connectivity index (χ0v) is 22.2. The van der Waals surface area contributed by atoms with Crippen LogP contribution in [0.15, 0.2) is 102 Å². The summed E-state index contributed by atoms with van der Waals surface area (Å²) in [6.45, 7) is 1.90. The third-order valence-corrected chi connectivity index (χ3v) is 5.68. The Morgan fingerprint density at radius 3 is 2.27 bits per heavy atom. The topological polar surface area (TPSA) is 135 Å². The van der Waals surface area contributed by atoms with Crippen molar-refractivity contribution in [2.75, 3.05) is 17.7 Å². The van der Waals surface area contributed by atoms with Crippen LogP contribution in [0.25, 0.3) is 0 Å². The average molecular weight is 551 g/mol. The molecule has 4 aromatic carbocycles. The maximum absolute atomic E-state index is 12.8. The van der Waals surface area contributed by atoms with Crippen molar-refractivity contribution in [1.82, 2.24) is 5.43 Å². The number of anilines is 2. The Balaban J connectivity index is 1.36. The van der Waals surface area contributed by atoms with Crippen molar-refractivity contribution >= 4 is 41.3 Å². The number of rotatable bonds is 8.